The second kappa shape index (κ2) is 5.50. The number of aliphatic carboxylic acids is 1. The lowest BCUT2D eigenvalue weighted by molar-refractivity contribution is -0.146. The molecule has 1 amide bonds. The van der Waals surface area contributed by atoms with Crippen molar-refractivity contribution in [2.45, 2.75) is 18.8 Å². The lowest BCUT2D eigenvalue weighted by atomic mass is 9.82. The molecular formula is C15H14ClNO4. The first-order valence-electron chi connectivity index (χ1n) is 6.65. The van der Waals surface area contributed by atoms with Gasteiger partial charge in [-0.1, -0.05) is 35.9 Å². The van der Waals surface area contributed by atoms with Gasteiger partial charge in [-0.25, -0.2) is 0 Å². The monoisotopic (exact) mass is 307 g/mol. The molecule has 2 N–H and O–H groups in total. The van der Waals surface area contributed by atoms with E-state index in [0.29, 0.717) is 11.6 Å². The highest BCUT2D eigenvalue weighted by molar-refractivity contribution is 6.30. The maximum Gasteiger partial charge on any atom is 0.310 e. The Kier molecular flexibility index (Phi) is 3.69. The van der Waals surface area contributed by atoms with Crippen LogP contribution in [-0.2, 0) is 20.9 Å². The van der Waals surface area contributed by atoms with Crippen LogP contribution in [0.3, 0.4) is 0 Å². The van der Waals surface area contributed by atoms with E-state index in [2.05, 4.69) is 5.32 Å². The number of nitrogens with one attached hydrogen (secondary N) is 1. The number of ether oxygens (including phenoxy) is 1. The topological polar surface area (TPSA) is 75.6 Å². The van der Waals surface area contributed by atoms with Crippen LogP contribution in [0.5, 0.6) is 0 Å². The molecule has 2 aliphatic rings. The number of fused-ring (bicyclic) bond motifs is 2. The minimum Gasteiger partial charge on any atom is -0.481 e. The van der Waals surface area contributed by atoms with E-state index in [4.69, 9.17) is 16.3 Å². The third kappa shape index (κ3) is 2.66. The molecule has 0 aromatic heterocycles. The first kappa shape index (κ1) is 14.1. The third-order valence-corrected chi connectivity index (χ3v) is 4.08. The highest BCUT2D eigenvalue weighted by atomic mass is 35.5. The molecule has 110 valence electrons. The van der Waals surface area contributed by atoms with E-state index in [0.717, 1.165) is 5.56 Å². The number of amides is 1. The quantitative estimate of drug-likeness (QED) is 0.829. The fraction of sp³-hybridized carbons (Fsp3) is 0.333. The van der Waals surface area contributed by atoms with Crippen LogP contribution in [-0.4, -0.2) is 29.2 Å². The molecule has 1 saturated heterocycles. The van der Waals surface area contributed by atoms with Crippen LogP contribution < -0.4 is 5.32 Å². The first-order valence-corrected chi connectivity index (χ1v) is 7.03. The van der Waals surface area contributed by atoms with Crippen LogP contribution in [0.1, 0.15) is 5.56 Å². The molecule has 3 rings (SSSR count). The van der Waals surface area contributed by atoms with Crippen LogP contribution in [0, 0.1) is 11.8 Å². The van der Waals surface area contributed by atoms with E-state index in [1.165, 1.54) is 0 Å². The molecule has 4 atom stereocenters. The molecule has 1 aromatic carbocycles. The van der Waals surface area contributed by atoms with Crippen molar-refractivity contribution < 1.29 is 19.4 Å². The number of hydrogen-bond acceptors (Lipinski definition) is 3. The summed E-state index contributed by atoms with van der Waals surface area (Å²) in [5.41, 5.74) is 0.863. The van der Waals surface area contributed by atoms with E-state index in [-0.39, 0.29) is 5.91 Å². The van der Waals surface area contributed by atoms with Crippen molar-refractivity contribution in [2.75, 3.05) is 0 Å². The summed E-state index contributed by atoms with van der Waals surface area (Å²) < 4.78 is 5.48. The zero-order valence-electron chi connectivity index (χ0n) is 11.0. The Morgan fingerprint density at radius 3 is 2.62 bits per heavy atom. The standard InChI is InChI=1S/C15H14ClNO4/c16-9-3-1-2-8(6-9)7-17-14(18)12-10-4-5-11(21-10)13(12)15(19)20/h1-6,10-13H,7H2,(H,17,18)(H,19,20)/t10-,11+,12-,13-/m0/s1. The van der Waals surface area contributed by atoms with Crippen molar-refractivity contribution in [1.29, 1.82) is 0 Å². The van der Waals surface area contributed by atoms with E-state index >= 15 is 0 Å². The Hall–Kier alpha value is -1.85. The van der Waals surface area contributed by atoms with Crippen LogP contribution >= 0.6 is 11.6 Å². The van der Waals surface area contributed by atoms with Crippen molar-refractivity contribution in [2.24, 2.45) is 11.8 Å². The summed E-state index contributed by atoms with van der Waals surface area (Å²) in [5.74, 6) is -2.81. The molecule has 0 saturated carbocycles. The third-order valence-electron chi connectivity index (χ3n) is 3.84. The Balaban J connectivity index is 1.68. The van der Waals surface area contributed by atoms with Gasteiger partial charge in [-0.05, 0) is 17.7 Å². The molecule has 0 unspecified atom stereocenters. The first-order chi connectivity index (χ1) is 10.1. The highest BCUT2D eigenvalue weighted by Crippen LogP contribution is 2.39. The van der Waals surface area contributed by atoms with Gasteiger partial charge in [0.1, 0.15) is 5.92 Å². The van der Waals surface area contributed by atoms with Crippen LogP contribution in [0.25, 0.3) is 0 Å². The molecule has 21 heavy (non-hydrogen) atoms. The zero-order valence-corrected chi connectivity index (χ0v) is 11.8. The van der Waals surface area contributed by atoms with E-state index < -0.39 is 30.0 Å². The van der Waals surface area contributed by atoms with Gasteiger partial charge in [-0.15, -0.1) is 0 Å². The van der Waals surface area contributed by atoms with Gasteiger partial charge >= 0.3 is 5.97 Å². The maximum absolute atomic E-state index is 12.3. The largest absolute Gasteiger partial charge is 0.481 e. The smallest absolute Gasteiger partial charge is 0.310 e. The average Bonchev–Trinajstić information content (AvgIpc) is 3.05. The summed E-state index contributed by atoms with van der Waals surface area (Å²) in [7, 11) is 0. The summed E-state index contributed by atoms with van der Waals surface area (Å²) in [6, 6.07) is 7.15. The number of hydrogen-bond donors (Lipinski definition) is 2. The molecule has 6 heteroatoms. The fourth-order valence-electron chi connectivity index (χ4n) is 2.87. The minimum atomic E-state index is -1.00. The molecule has 1 fully saturated rings. The number of rotatable bonds is 4. The lowest BCUT2D eigenvalue weighted by Crippen LogP contribution is -2.42. The molecule has 0 aliphatic carbocycles. The summed E-state index contributed by atoms with van der Waals surface area (Å²) in [4.78, 5) is 23.6. The van der Waals surface area contributed by atoms with Crippen LogP contribution in [0.4, 0.5) is 0 Å². The van der Waals surface area contributed by atoms with Gasteiger partial charge in [0, 0.05) is 11.6 Å². The molecule has 2 aliphatic heterocycles. The summed E-state index contributed by atoms with van der Waals surface area (Å²) in [6.45, 7) is 0.309. The second-order valence-electron chi connectivity index (χ2n) is 5.19. The lowest BCUT2D eigenvalue weighted by Gasteiger charge is -2.21. The van der Waals surface area contributed by atoms with E-state index in [1.807, 2.05) is 6.07 Å². The van der Waals surface area contributed by atoms with Crippen LogP contribution in [0.15, 0.2) is 36.4 Å². The second-order valence-corrected chi connectivity index (χ2v) is 5.62. The van der Waals surface area contributed by atoms with Crippen LogP contribution in [0.2, 0.25) is 5.02 Å². The van der Waals surface area contributed by atoms with Gasteiger partial charge in [0.05, 0.1) is 18.1 Å². The zero-order chi connectivity index (χ0) is 15.0. The number of halogens is 1. The number of carbonyl (C=O) groups excluding carboxylic acids is 1. The van der Waals surface area contributed by atoms with E-state index in [1.54, 1.807) is 30.4 Å². The predicted octanol–water partition coefficient (Wildman–Crippen LogP) is 1.61. The van der Waals surface area contributed by atoms with Gasteiger partial charge in [-0.3, -0.25) is 9.59 Å². The van der Waals surface area contributed by atoms with Crippen molar-refractivity contribution in [3.8, 4) is 0 Å². The number of carboxylic acids is 1. The van der Waals surface area contributed by atoms with E-state index in [9.17, 15) is 14.7 Å². The van der Waals surface area contributed by atoms with Crippen molar-refractivity contribution in [1.82, 2.24) is 5.32 Å². The summed E-state index contributed by atoms with van der Waals surface area (Å²) in [5, 5.41) is 12.6. The van der Waals surface area contributed by atoms with Crippen molar-refractivity contribution >= 4 is 23.5 Å². The average molecular weight is 308 g/mol. The summed E-state index contributed by atoms with van der Waals surface area (Å²) in [6.07, 6.45) is 2.52. The van der Waals surface area contributed by atoms with Gasteiger partial charge in [0.25, 0.3) is 0 Å². The predicted molar refractivity (Wildman–Crippen MR) is 75.7 cm³/mol. The normalized spacial score (nSPS) is 29.6. The minimum absolute atomic E-state index is 0.306. The Bertz CT molecular complexity index is 615. The fourth-order valence-corrected chi connectivity index (χ4v) is 3.08. The molecule has 0 radical (unpaired) electrons. The Morgan fingerprint density at radius 2 is 1.95 bits per heavy atom. The SMILES string of the molecule is O=C(NCc1cccc(Cl)c1)[C@@H]1[C@@H](C(=O)O)[C@H]2C=C[C@@H]1O2. The number of benzene rings is 1. The molecule has 1 aromatic rings. The molecular weight excluding hydrogens is 294 g/mol. The summed E-state index contributed by atoms with van der Waals surface area (Å²) >= 11 is 5.88. The highest BCUT2D eigenvalue weighted by Gasteiger charge is 2.53. The molecule has 5 nitrogen and oxygen atoms in total. The number of carboxylic acid groups (broad SMARTS) is 1. The van der Waals surface area contributed by atoms with Gasteiger partial charge in [0.2, 0.25) is 5.91 Å². The number of carbonyl (C=O) groups is 2. The van der Waals surface area contributed by atoms with Gasteiger partial charge in [0.15, 0.2) is 0 Å². The Morgan fingerprint density at radius 1 is 1.24 bits per heavy atom. The van der Waals surface area contributed by atoms with Crippen molar-refractivity contribution in [3.63, 3.8) is 0 Å². The van der Waals surface area contributed by atoms with Gasteiger partial charge < -0.3 is 15.2 Å². The maximum atomic E-state index is 12.3. The molecule has 2 bridgehead atoms. The van der Waals surface area contributed by atoms with Crippen molar-refractivity contribution in [3.05, 3.63) is 47.0 Å². The molecule has 0 spiro atoms. The van der Waals surface area contributed by atoms with Gasteiger partial charge in [-0.2, -0.15) is 0 Å². The Labute approximate surface area is 126 Å². The molecule has 2 heterocycles.